The molecule has 0 unspecified atom stereocenters. The fourth-order valence-corrected chi connectivity index (χ4v) is 1.79. The lowest BCUT2D eigenvalue weighted by Crippen LogP contribution is -2.43. The van der Waals surface area contributed by atoms with E-state index in [9.17, 15) is 4.39 Å². The van der Waals surface area contributed by atoms with Gasteiger partial charge in [0.25, 0.3) is 0 Å². The van der Waals surface area contributed by atoms with E-state index >= 15 is 0 Å². The summed E-state index contributed by atoms with van der Waals surface area (Å²) in [6, 6.07) is 4.96. The van der Waals surface area contributed by atoms with Crippen LogP contribution in [-0.2, 0) is 11.3 Å². The number of nitrogens with two attached hydrogens (primary N) is 1. The first-order valence-corrected chi connectivity index (χ1v) is 6.60. The standard InChI is InChI=1S/C13H19BrFNO/c1-3-13(16,4-2)9-17-8-10-5-6-11(14)7-12(10)15/h5-7H,3-4,8-9,16H2,1-2H3. The highest BCUT2D eigenvalue weighted by Gasteiger charge is 2.20. The number of benzene rings is 1. The fraction of sp³-hybridized carbons (Fsp3) is 0.538. The average molecular weight is 304 g/mol. The molecule has 2 nitrogen and oxygen atoms in total. The lowest BCUT2D eigenvalue weighted by Gasteiger charge is -2.26. The Bertz CT molecular complexity index is 366. The Kier molecular flexibility index (Phi) is 5.56. The molecule has 2 N–H and O–H groups in total. The van der Waals surface area contributed by atoms with Crippen molar-refractivity contribution in [1.29, 1.82) is 0 Å². The normalized spacial score (nSPS) is 11.8. The SMILES string of the molecule is CCC(N)(CC)COCc1ccc(Br)cc1F. The van der Waals surface area contributed by atoms with Gasteiger partial charge in [-0.15, -0.1) is 0 Å². The van der Waals surface area contributed by atoms with E-state index in [1.165, 1.54) is 6.07 Å². The third-order valence-corrected chi connectivity index (χ3v) is 3.56. The van der Waals surface area contributed by atoms with Crippen LogP contribution in [0.1, 0.15) is 32.3 Å². The van der Waals surface area contributed by atoms with E-state index in [4.69, 9.17) is 10.5 Å². The molecule has 0 aromatic heterocycles. The van der Waals surface area contributed by atoms with Crippen molar-refractivity contribution in [2.75, 3.05) is 6.61 Å². The van der Waals surface area contributed by atoms with Gasteiger partial charge >= 0.3 is 0 Å². The van der Waals surface area contributed by atoms with Gasteiger partial charge in [0.1, 0.15) is 5.82 Å². The van der Waals surface area contributed by atoms with Gasteiger partial charge in [-0.2, -0.15) is 0 Å². The van der Waals surface area contributed by atoms with E-state index < -0.39 is 0 Å². The Balaban J connectivity index is 2.51. The van der Waals surface area contributed by atoms with Gasteiger partial charge < -0.3 is 10.5 Å². The molecule has 0 aliphatic carbocycles. The van der Waals surface area contributed by atoms with E-state index in [1.807, 2.05) is 13.8 Å². The molecule has 0 saturated heterocycles. The Morgan fingerprint density at radius 2 is 2.00 bits per heavy atom. The summed E-state index contributed by atoms with van der Waals surface area (Å²) in [6.07, 6.45) is 1.71. The highest BCUT2D eigenvalue weighted by molar-refractivity contribution is 9.10. The minimum absolute atomic E-state index is 0.255. The molecule has 0 spiro atoms. The van der Waals surface area contributed by atoms with Crippen LogP contribution < -0.4 is 5.73 Å². The minimum atomic E-state index is -0.300. The number of halogens is 2. The van der Waals surface area contributed by atoms with Gasteiger partial charge in [0.05, 0.1) is 13.2 Å². The summed E-state index contributed by atoms with van der Waals surface area (Å²) >= 11 is 3.22. The van der Waals surface area contributed by atoms with Crippen LogP contribution in [0.4, 0.5) is 4.39 Å². The molecule has 0 amide bonds. The Morgan fingerprint density at radius 1 is 1.35 bits per heavy atom. The lowest BCUT2D eigenvalue weighted by atomic mass is 9.96. The van der Waals surface area contributed by atoms with E-state index in [-0.39, 0.29) is 18.0 Å². The van der Waals surface area contributed by atoms with Crippen LogP contribution in [0.15, 0.2) is 22.7 Å². The summed E-state index contributed by atoms with van der Waals surface area (Å²) in [4.78, 5) is 0. The Morgan fingerprint density at radius 3 is 2.53 bits per heavy atom. The second-order valence-corrected chi connectivity index (χ2v) is 5.21. The lowest BCUT2D eigenvalue weighted by molar-refractivity contribution is 0.0680. The van der Waals surface area contributed by atoms with Crippen LogP contribution in [0.25, 0.3) is 0 Å². The maximum absolute atomic E-state index is 13.5. The zero-order valence-corrected chi connectivity index (χ0v) is 11.9. The summed E-state index contributed by atoms with van der Waals surface area (Å²) in [5, 5.41) is 0. The van der Waals surface area contributed by atoms with Crippen LogP contribution in [0.2, 0.25) is 0 Å². The van der Waals surface area contributed by atoms with E-state index in [0.29, 0.717) is 12.2 Å². The van der Waals surface area contributed by atoms with Crippen molar-refractivity contribution in [3.63, 3.8) is 0 Å². The molecule has 0 atom stereocenters. The first kappa shape index (κ1) is 14.6. The fourth-order valence-electron chi connectivity index (χ4n) is 1.46. The van der Waals surface area contributed by atoms with Crippen molar-refractivity contribution in [3.05, 3.63) is 34.1 Å². The minimum Gasteiger partial charge on any atom is -0.375 e. The van der Waals surface area contributed by atoms with Crippen molar-refractivity contribution >= 4 is 15.9 Å². The molecule has 1 rings (SSSR count). The summed E-state index contributed by atoms with van der Waals surface area (Å²) in [5.74, 6) is -0.255. The van der Waals surface area contributed by atoms with Gasteiger partial charge in [0.2, 0.25) is 0 Å². The molecule has 0 aliphatic heterocycles. The first-order valence-electron chi connectivity index (χ1n) is 5.81. The summed E-state index contributed by atoms with van der Waals surface area (Å²) < 4.78 is 19.7. The number of hydrogen-bond acceptors (Lipinski definition) is 2. The second kappa shape index (κ2) is 6.47. The molecule has 96 valence electrons. The van der Waals surface area contributed by atoms with Gasteiger partial charge in [-0.3, -0.25) is 0 Å². The van der Waals surface area contributed by atoms with Crippen LogP contribution in [-0.4, -0.2) is 12.1 Å². The molecule has 0 heterocycles. The number of ether oxygens (including phenoxy) is 1. The predicted molar refractivity (Wildman–Crippen MR) is 71.3 cm³/mol. The highest BCUT2D eigenvalue weighted by atomic mass is 79.9. The van der Waals surface area contributed by atoms with Crippen molar-refractivity contribution in [3.8, 4) is 0 Å². The van der Waals surface area contributed by atoms with E-state index in [0.717, 1.165) is 17.3 Å². The van der Waals surface area contributed by atoms with Gasteiger partial charge in [-0.1, -0.05) is 35.8 Å². The molecule has 4 heteroatoms. The van der Waals surface area contributed by atoms with Crippen LogP contribution >= 0.6 is 15.9 Å². The second-order valence-electron chi connectivity index (χ2n) is 4.30. The maximum Gasteiger partial charge on any atom is 0.129 e. The smallest absolute Gasteiger partial charge is 0.129 e. The molecule has 17 heavy (non-hydrogen) atoms. The van der Waals surface area contributed by atoms with Gasteiger partial charge in [0.15, 0.2) is 0 Å². The predicted octanol–water partition coefficient (Wildman–Crippen LogP) is 3.62. The summed E-state index contributed by atoms with van der Waals surface area (Å²) in [5.41, 5.74) is 6.35. The van der Waals surface area contributed by atoms with Crippen molar-refractivity contribution in [1.82, 2.24) is 0 Å². The molecule has 0 bridgehead atoms. The van der Waals surface area contributed by atoms with Gasteiger partial charge in [0, 0.05) is 15.6 Å². The topological polar surface area (TPSA) is 35.2 Å². The van der Waals surface area contributed by atoms with Crippen molar-refractivity contribution in [2.24, 2.45) is 5.73 Å². The third kappa shape index (κ3) is 4.37. The van der Waals surface area contributed by atoms with Crippen molar-refractivity contribution < 1.29 is 9.13 Å². The van der Waals surface area contributed by atoms with Gasteiger partial charge in [-0.25, -0.2) is 4.39 Å². The number of hydrogen-bond donors (Lipinski definition) is 1. The zero-order valence-electron chi connectivity index (χ0n) is 10.3. The average Bonchev–Trinajstić information content (AvgIpc) is 2.32. The molecule has 0 saturated carbocycles. The third-order valence-electron chi connectivity index (χ3n) is 3.07. The van der Waals surface area contributed by atoms with Crippen LogP contribution in [0.5, 0.6) is 0 Å². The van der Waals surface area contributed by atoms with E-state index in [1.54, 1.807) is 12.1 Å². The van der Waals surface area contributed by atoms with E-state index in [2.05, 4.69) is 15.9 Å². The summed E-state index contributed by atoms with van der Waals surface area (Å²) in [6.45, 7) is 4.79. The maximum atomic E-state index is 13.5. The molecule has 1 aromatic carbocycles. The van der Waals surface area contributed by atoms with Crippen LogP contribution in [0.3, 0.4) is 0 Å². The highest BCUT2D eigenvalue weighted by Crippen LogP contribution is 2.17. The Labute approximate surface area is 110 Å². The quantitative estimate of drug-likeness (QED) is 0.871. The summed E-state index contributed by atoms with van der Waals surface area (Å²) in [7, 11) is 0. The molecule has 1 aromatic rings. The molecule has 0 fully saturated rings. The largest absolute Gasteiger partial charge is 0.375 e. The monoisotopic (exact) mass is 303 g/mol. The van der Waals surface area contributed by atoms with Gasteiger partial charge in [-0.05, 0) is 25.0 Å². The zero-order chi connectivity index (χ0) is 12.9. The van der Waals surface area contributed by atoms with Crippen LogP contribution in [0, 0.1) is 5.82 Å². The molecular formula is C13H19BrFNO. The number of rotatable bonds is 6. The molecular weight excluding hydrogens is 285 g/mol. The Hall–Kier alpha value is -0.450. The van der Waals surface area contributed by atoms with Crippen molar-refractivity contribution in [2.45, 2.75) is 38.8 Å². The molecule has 0 aliphatic rings. The first-order chi connectivity index (χ1) is 8.00. The molecule has 0 radical (unpaired) electrons.